The van der Waals surface area contributed by atoms with Gasteiger partial charge < -0.3 is 19.3 Å². The molecule has 4 aromatic rings. The van der Waals surface area contributed by atoms with E-state index in [4.69, 9.17) is 19.5 Å². The molecule has 2 aromatic heterocycles. The highest BCUT2D eigenvalue weighted by Gasteiger charge is 2.32. The lowest BCUT2D eigenvalue weighted by atomic mass is 10.1. The molecule has 12 nitrogen and oxygen atoms in total. The molecular formula is C26H26N6O6S. The van der Waals surface area contributed by atoms with Gasteiger partial charge in [0.2, 0.25) is 21.9 Å². The molecule has 0 saturated heterocycles. The van der Waals surface area contributed by atoms with Crippen LogP contribution in [0.15, 0.2) is 60.7 Å². The minimum absolute atomic E-state index is 0.176. The minimum Gasteiger partial charge on any atom is -0.494 e. The molecule has 0 aliphatic heterocycles. The average Bonchev–Trinajstić information content (AvgIpc) is 3.37. The van der Waals surface area contributed by atoms with Crippen molar-refractivity contribution in [2.75, 3.05) is 26.1 Å². The van der Waals surface area contributed by atoms with Crippen molar-refractivity contribution in [2.45, 2.75) is 18.3 Å². The maximum absolute atomic E-state index is 13.5. The van der Waals surface area contributed by atoms with Crippen LogP contribution in [0.4, 0.5) is 5.95 Å². The van der Waals surface area contributed by atoms with E-state index in [-0.39, 0.29) is 11.8 Å². The molecule has 0 amide bonds. The zero-order chi connectivity index (χ0) is 28.2. The van der Waals surface area contributed by atoms with Crippen LogP contribution >= 0.6 is 0 Å². The maximum atomic E-state index is 13.5. The van der Waals surface area contributed by atoms with Crippen LogP contribution in [0.3, 0.4) is 0 Å². The highest BCUT2D eigenvalue weighted by molar-refractivity contribution is 7.93. The van der Waals surface area contributed by atoms with Gasteiger partial charge in [-0.15, -0.1) is 10.2 Å². The monoisotopic (exact) mass is 550 g/mol. The van der Waals surface area contributed by atoms with E-state index in [0.717, 1.165) is 0 Å². The van der Waals surface area contributed by atoms with Crippen LogP contribution in [0.25, 0.3) is 17.2 Å². The lowest BCUT2D eigenvalue weighted by Gasteiger charge is -2.21. The van der Waals surface area contributed by atoms with Crippen LogP contribution in [0.1, 0.15) is 24.2 Å². The Bertz CT molecular complexity index is 1590. The van der Waals surface area contributed by atoms with Crippen molar-refractivity contribution in [3.05, 3.63) is 71.8 Å². The van der Waals surface area contributed by atoms with Crippen molar-refractivity contribution in [1.82, 2.24) is 19.7 Å². The largest absolute Gasteiger partial charge is 0.494 e. The van der Waals surface area contributed by atoms with Crippen LogP contribution in [-0.2, 0) is 10.0 Å². The van der Waals surface area contributed by atoms with Gasteiger partial charge in [0.25, 0.3) is 0 Å². The zero-order valence-electron chi connectivity index (χ0n) is 21.6. The molecule has 4 rings (SSSR count). The number of sulfonamides is 1. The number of aliphatic hydroxyl groups is 1. The molecule has 0 fully saturated rings. The van der Waals surface area contributed by atoms with Crippen molar-refractivity contribution in [2.24, 2.45) is 0 Å². The Morgan fingerprint density at radius 1 is 0.949 bits per heavy atom. The van der Waals surface area contributed by atoms with E-state index in [2.05, 4.69) is 19.9 Å². The Hall–Kier alpha value is -4.67. The van der Waals surface area contributed by atoms with E-state index >= 15 is 0 Å². The molecule has 0 spiro atoms. The first-order valence-corrected chi connectivity index (χ1v) is 13.2. The second kappa shape index (κ2) is 11.4. The minimum atomic E-state index is -4.24. The molecule has 2 aromatic carbocycles. The summed E-state index contributed by atoms with van der Waals surface area (Å²) in [6.07, 6.45) is -1.40. The first-order valence-electron chi connectivity index (χ1n) is 11.6. The molecule has 2 heterocycles. The molecule has 2 atom stereocenters. The number of para-hydroxylation sites is 1. The van der Waals surface area contributed by atoms with Crippen LogP contribution in [0, 0.1) is 11.3 Å². The summed E-state index contributed by atoms with van der Waals surface area (Å²) >= 11 is 0. The van der Waals surface area contributed by atoms with Gasteiger partial charge in [-0.25, -0.2) is 13.4 Å². The van der Waals surface area contributed by atoms with E-state index in [1.54, 1.807) is 36.4 Å². The average molecular weight is 551 g/mol. The fraction of sp³-hybridized carbons (Fsp3) is 0.231. The van der Waals surface area contributed by atoms with Crippen LogP contribution in [0.2, 0.25) is 0 Å². The second-order valence-corrected chi connectivity index (χ2v) is 10.3. The summed E-state index contributed by atoms with van der Waals surface area (Å²) < 4.78 is 47.2. The number of aliphatic hydroxyl groups excluding tert-OH is 1. The van der Waals surface area contributed by atoms with Crippen molar-refractivity contribution in [3.8, 4) is 40.7 Å². The number of pyridine rings is 1. The topological polar surface area (TPSA) is 161 Å². The molecule has 202 valence electrons. The maximum Gasteiger partial charge on any atom is 0.243 e. The third-order valence-electron chi connectivity index (χ3n) is 6.00. The van der Waals surface area contributed by atoms with Gasteiger partial charge in [0, 0.05) is 6.07 Å². The molecule has 39 heavy (non-hydrogen) atoms. The number of hydrogen-bond donors (Lipinski definition) is 2. The number of rotatable bonds is 10. The molecule has 0 radical (unpaired) electrons. The van der Waals surface area contributed by atoms with E-state index in [0.29, 0.717) is 39.9 Å². The number of nitrogens with zero attached hydrogens (tertiary/aromatic N) is 5. The standard InChI is InChI=1S/C26H26N6O6S/c1-16(24(33)18-13-11-17(15-27)12-14-18)39(34,35)31-26-30-29-25(19-7-5-10-22(28-19)38-4)32(26)23-20(36-2)8-6-9-21(23)37-3/h5-14,16,24,33H,1-4H3,(H,30,31). The summed E-state index contributed by atoms with van der Waals surface area (Å²) in [4.78, 5) is 4.42. The van der Waals surface area contributed by atoms with Crippen LogP contribution in [0.5, 0.6) is 17.4 Å². The summed E-state index contributed by atoms with van der Waals surface area (Å²) in [7, 11) is 0.158. The van der Waals surface area contributed by atoms with E-state index in [9.17, 15) is 13.5 Å². The summed E-state index contributed by atoms with van der Waals surface area (Å²) in [5.74, 6) is 1.01. The Morgan fingerprint density at radius 2 is 1.59 bits per heavy atom. The first kappa shape index (κ1) is 27.4. The van der Waals surface area contributed by atoms with Crippen molar-refractivity contribution in [1.29, 1.82) is 5.26 Å². The molecule has 0 bridgehead atoms. The highest BCUT2D eigenvalue weighted by Crippen LogP contribution is 2.38. The Labute approximate surface area is 225 Å². The molecule has 0 aliphatic carbocycles. The molecule has 2 unspecified atom stereocenters. The van der Waals surface area contributed by atoms with Crippen molar-refractivity contribution < 1.29 is 27.7 Å². The van der Waals surface area contributed by atoms with Gasteiger partial charge in [-0.05, 0) is 42.8 Å². The predicted molar refractivity (Wildman–Crippen MR) is 142 cm³/mol. The number of nitriles is 1. The molecule has 2 N–H and O–H groups in total. The number of nitrogens with one attached hydrogen (secondary N) is 1. The number of ether oxygens (including phenoxy) is 3. The van der Waals surface area contributed by atoms with Crippen molar-refractivity contribution in [3.63, 3.8) is 0 Å². The lowest BCUT2D eigenvalue weighted by Crippen LogP contribution is -2.32. The number of benzene rings is 2. The van der Waals surface area contributed by atoms with E-state index in [1.165, 1.54) is 57.1 Å². The number of methoxy groups -OCH3 is 3. The Kier molecular flexibility index (Phi) is 7.99. The zero-order valence-corrected chi connectivity index (χ0v) is 22.4. The molecule has 0 saturated carbocycles. The number of anilines is 1. The van der Waals surface area contributed by atoms with Gasteiger partial charge in [0.1, 0.15) is 28.1 Å². The Morgan fingerprint density at radius 3 is 2.18 bits per heavy atom. The highest BCUT2D eigenvalue weighted by atomic mass is 32.2. The van der Waals surface area contributed by atoms with Crippen LogP contribution in [-0.4, -0.2) is 59.9 Å². The van der Waals surface area contributed by atoms with Crippen LogP contribution < -0.4 is 18.9 Å². The summed E-state index contributed by atoms with van der Waals surface area (Å²) in [6, 6.07) is 18.1. The van der Waals surface area contributed by atoms with E-state index < -0.39 is 21.4 Å². The number of hydrogen-bond acceptors (Lipinski definition) is 10. The Balaban J connectivity index is 1.82. The van der Waals surface area contributed by atoms with Crippen molar-refractivity contribution >= 4 is 16.0 Å². The fourth-order valence-corrected chi connectivity index (χ4v) is 4.92. The van der Waals surface area contributed by atoms with E-state index in [1.807, 2.05) is 6.07 Å². The third-order valence-corrected chi connectivity index (χ3v) is 7.70. The quantitative estimate of drug-likeness (QED) is 0.300. The summed E-state index contributed by atoms with van der Waals surface area (Å²) in [5, 5.41) is 26.9. The summed E-state index contributed by atoms with van der Waals surface area (Å²) in [5.41, 5.74) is 1.38. The normalized spacial score (nSPS) is 12.7. The van der Waals surface area contributed by atoms with Gasteiger partial charge >= 0.3 is 0 Å². The van der Waals surface area contributed by atoms with Gasteiger partial charge in [0.15, 0.2) is 5.82 Å². The van der Waals surface area contributed by atoms with Gasteiger partial charge in [-0.2, -0.15) is 5.26 Å². The molecule has 13 heteroatoms. The number of aromatic nitrogens is 4. The first-order chi connectivity index (χ1) is 18.7. The fourth-order valence-electron chi connectivity index (χ4n) is 3.85. The molecule has 0 aliphatic rings. The smallest absolute Gasteiger partial charge is 0.243 e. The van der Waals surface area contributed by atoms with Gasteiger partial charge in [0.05, 0.1) is 39.1 Å². The third kappa shape index (κ3) is 5.47. The lowest BCUT2D eigenvalue weighted by molar-refractivity contribution is 0.176. The second-order valence-electron chi connectivity index (χ2n) is 8.29. The van der Waals surface area contributed by atoms with Gasteiger partial charge in [-0.3, -0.25) is 9.29 Å². The SMILES string of the molecule is COc1cccc(-c2nnc(NS(=O)(=O)C(C)C(O)c3ccc(C#N)cc3)n2-c2c(OC)cccc2OC)n1. The van der Waals surface area contributed by atoms with Gasteiger partial charge in [-0.1, -0.05) is 24.3 Å². The summed E-state index contributed by atoms with van der Waals surface area (Å²) in [6.45, 7) is 1.36. The molecular weight excluding hydrogens is 524 g/mol. The predicted octanol–water partition coefficient (Wildman–Crippen LogP) is 3.09.